The third kappa shape index (κ3) is 8.25. The van der Waals surface area contributed by atoms with Crippen LogP contribution in [0.1, 0.15) is 22.3 Å². The average molecular weight is 969 g/mol. The summed E-state index contributed by atoms with van der Waals surface area (Å²) in [5.74, 6) is 0. The maximum absolute atomic E-state index is 14.9. The minimum Gasteiger partial charge on any atom is -0.218 e. The molecule has 0 radical (unpaired) electrons. The molecule has 0 aliphatic rings. The van der Waals surface area contributed by atoms with Crippen molar-refractivity contribution in [2.45, 2.75) is 81.9 Å². The first-order valence-electron chi connectivity index (χ1n) is 13.2. The number of sulfonamides is 2. The smallest absolute Gasteiger partial charge is 0.218 e. The quantitative estimate of drug-likeness (QED) is 0.267. The third-order valence-corrected chi connectivity index (χ3v) is 10.8. The van der Waals surface area contributed by atoms with Gasteiger partial charge in [-0.25, -0.2) is 34.4 Å². The van der Waals surface area contributed by atoms with Gasteiger partial charge in [-0.1, -0.05) is 0 Å². The maximum Gasteiger partial charge on any atom is 0.435 e. The van der Waals surface area contributed by atoms with Crippen molar-refractivity contribution in [3.63, 3.8) is 0 Å². The van der Waals surface area contributed by atoms with Gasteiger partial charge in [-0.2, -0.15) is 105 Å². The van der Waals surface area contributed by atoms with E-state index >= 15 is 0 Å². The Labute approximate surface area is 305 Å². The van der Waals surface area contributed by atoms with Crippen LogP contribution >= 0.6 is 0 Å². The van der Waals surface area contributed by atoms with E-state index in [0.29, 0.717) is 0 Å². The molecule has 0 unspecified atom stereocenters. The van der Waals surface area contributed by atoms with Crippen LogP contribution in [0.25, 0.3) is 0 Å². The van der Waals surface area contributed by atoms with Gasteiger partial charge in [0.05, 0.1) is 9.79 Å². The molecule has 0 aromatic heterocycles. The number of rotatable bonds is 8. The summed E-state index contributed by atoms with van der Waals surface area (Å²) in [5, 5.41) is 0. The van der Waals surface area contributed by atoms with Crippen LogP contribution in [0.2, 0.25) is 0 Å². The van der Waals surface area contributed by atoms with Crippen molar-refractivity contribution in [3.05, 3.63) is 58.7 Å². The van der Waals surface area contributed by atoms with E-state index in [4.69, 9.17) is 0 Å². The monoisotopic (exact) mass is 969 g/mol. The lowest BCUT2D eigenvalue weighted by molar-refractivity contribution is -0.352. The molecule has 59 heavy (non-hydrogen) atoms. The molecular weight excluding hydrogens is 962 g/mol. The Morgan fingerprint density at radius 3 is 0.525 bits per heavy atom. The van der Waals surface area contributed by atoms with E-state index in [2.05, 4.69) is 0 Å². The van der Waals surface area contributed by atoms with Gasteiger partial charge in [0.2, 0.25) is 0 Å². The molecule has 0 bridgehead atoms. The van der Waals surface area contributed by atoms with Gasteiger partial charge in [-0.15, -0.1) is 4.13 Å². The molecule has 0 aliphatic heterocycles. The van der Waals surface area contributed by atoms with Gasteiger partial charge < -0.3 is 0 Å². The second kappa shape index (κ2) is 13.9. The standard InChI is InChI=1S/C24H7F28NO4S2/c25-13(17(29,30)31,18(32,33)34)7-1-8(14(26,19(35,36)37)20(38,39)40)4-11(3-7)58(54,55)53-59(56,57)12-5-9(15(27,21(41,42)43)22(44,45)46)2-10(6-12)16(28,23(47,48)49)24(50,51)52/h1-6,53H. The fraction of sp³-hybridized carbons (Fsp3) is 0.500. The van der Waals surface area contributed by atoms with E-state index in [1.165, 1.54) is 0 Å². The highest BCUT2D eigenvalue weighted by molar-refractivity contribution is 8.04. The zero-order valence-corrected chi connectivity index (χ0v) is 27.6. The fourth-order valence-corrected chi connectivity index (χ4v) is 7.55. The molecule has 0 saturated carbocycles. The summed E-state index contributed by atoms with van der Waals surface area (Å²) in [6.45, 7) is 0. The molecule has 0 atom stereocenters. The van der Waals surface area contributed by atoms with Crippen LogP contribution in [0, 0.1) is 0 Å². The van der Waals surface area contributed by atoms with Crippen molar-refractivity contribution in [1.82, 2.24) is 4.13 Å². The average Bonchev–Trinajstić information content (AvgIpc) is 2.97. The molecule has 5 nitrogen and oxygen atoms in total. The number of hydrogen-bond acceptors (Lipinski definition) is 4. The first kappa shape index (κ1) is 51.5. The molecule has 2 aromatic rings. The van der Waals surface area contributed by atoms with Crippen molar-refractivity contribution in [2.75, 3.05) is 0 Å². The predicted octanol–water partition coefficient (Wildman–Crippen LogP) is 10.5. The Morgan fingerprint density at radius 1 is 0.271 bits per heavy atom. The maximum atomic E-state index is 14.9. The van der Waals surface area contributed by atoms with Crippen LogP contribution in [0.3, 0.4) is 0 Å². The molecule has 2 rings (SSSR count). The number of hydrogen-bond donors (Lipinski definition) is 1. The van der Waals surface area contributed by atoms with E-state index in [1.54, 1.807) is 0 Å². The lowest BCUT2D eigenvalue weighted by Gasteiger charge is -2.34. The van der Waals surface area contributed by atoms with Gasteiger partial charge in [-0.3, -0.25) is 0 Å². The third-order valence-electron chi connectivity index (χ3n) is 7.37. The molecule has 2 aromatic carbocycles. The van der Waals surface area contributed by atoms with Crippen molar-refractivity contribution < 1.29 is 140 Å². The largest absolute Gasteiger partial charge is 0.435 e. The first-order valence-corrected chi connectivity index (χ1v) is 16.2. The Hall–Kier alpha value is -3.66. The number of halogens is 28. The lowest BCUT2D eigenvalue weighted by atomic mass is 9.87. The first-order chi connectivity index (χ1) is 25.3. The summed E-state index contributed by atoms with van der Waals surface area (Å²) < 4.78 is 433. The highest BCUT2D eigenvalue weighted by Crippen LogP contribution is 2.59. The Balaban J connectivity index is 3.31. The highest BCUT2D eigenvalue weighted by Gasteiger charge is 2.78. The molecule has 0 fully saturated rings. The molecule has 0 spiro atoms. The van der Waals surface area contributed by atoms with E-state index in [9.17, 15) is 140 Å². The van der Waals surface area contributed by atoms with Gasteiger partial charge in [0.15, 0.2) is 0 Å². The number of benzene rings is 2. The molecular formula is C24H7F28NO4S2. The number of alkyl halides is 28. The van der Waals surface area contributed by atoms with E-state index in [1.807, 2.05) is 0 Å². The summed E-state index contributed by atoms with van der Waals surface area (Å²) in [6.07, 6.45) is -61.6. The summed E-state index contributed by atoms with van der Waals surface area (Å²) >= 11 is 0. The van der Waals surface area contributed by atoms with Crippen LogP contribution in [-0.4, -0.2) is 66.2 Å². The van der Waals surface area contributed by atoms with Crippen LogP contribution in [0.5, 0.6) is 0 Å². The van der Waals surface area contributed by atoms with Crippen molar-refractivity contribution in [2.24, 2.45) is 0 Å². The van der Waals surface area contributed by atoms with Crippen LogP contribution in [0.4, 0.5) is 123 Å². The van der Waals surface area contributed by atoms with E-state index < -0.39 is 165 Å². The molecule has 0 heterocycles. The second-order valence-electron chi connectivity index (χ2n) is 11.2. The van der Waals surface area contributed by atoms with Crippen LogP contribution in [0.15, 0.2) is 46.2 Å². The zero-order chi connectivity index (χ0) is 47.4. The lowest BCUT2D eigenvalue weighted by Crippen LogP contribution is -2.52. The zero-order valence-electron chi connectivity index (χ0n) is 26.0. The highest BCUT2D eigenvalue weighted by atomic mass is 32.3. The summed E-state index contributed by atoms with van der Waals surface area (Å²) in [7, 11) is -15.1. The summed E-state index contributed by atoms with van der Waals surface area (Å²) in [4.78, 5) is -6.79. The molecule has 0 saturated heterocycles. The Bertz CT molecular complexity index is 1810. The predicted molar refractivity (Wildman–Crippen MR) is 130 cm³/mol. The van der Waals surface area contributed by atoms with E-state index in [0.717, 1.165) is 0 Å². The summed E-state index contributed by atoms with van der Waals surface area (Å²) in [6, 6.07) is -10.7. The molecule has 35 heteroatoms. The SMILES string of the molecule is O=S(=O)(NS(=O)(=O)c1cc(C(F)(C(F)(F)F)C(F)(F)F)cc(C(F)(C(F)(F)F)C(F)(F)F)c1)c1cc(C(F)(C(F)(F)F)C(F)(F)F)cc(C(F)(C(F)(F)F)C(F)(F)F)c1. The van der Waals surface area contributed by atoms with Crippen molar-refractivity contribution >= 4 is 20.0 Å². The van der Waals surface area contributed by atoms with Gasteiger partial charge >= 0.3 is 72.1 Å². The normalized spacial score (nSPS) is 15.8. The molecule has 340 valence electrons. The van der Waals surface area contributed by atoms with Gasteiger partial charge in [0, 0.05) is 22.3 Å². The number of nitrogens with one attached hydrogen (secondary N) is 1. The van der Waals surface area contributed by atoms with Crippen molar-refractivity contribution in [1.29, 1.82) is 0 Å². The second-order valence-corrected chi connectivity index (χ2v) is 14.8. The van der Waals surface area contributed by atoms with Crippen LogP contribution < -0.4 is 4.13 Å². The minimum atomic E-state index is -7.71. The Morgan fingerprint density at radius 2 is 0.407 bits per heavy atom. The Kier molecular flexibility index (Phi) is 12.2. The summed E-state index contributed by atoms with van der Waals surface area (Å²) in [5.41, 5.74) is -45.3. The van der Waals surface area contributed by atoms with Crippen LogP contribution in [-0.2, 0) is 42.7 Å². The van der Waals surface area contributed by atoms with Gasteiger partial charge in [0.1, 0.15) is 0 Å². The van der Waals surface area contributed by atoms with E-state index in [-0.39, 0.29) is 0 Å². The molecule has 0 amide bonds. The van der Waals surface area contributed by atoms with Crippen molar-refractivity contribution in [3.8, 4) is 0 Å². The molecule has 1 N–H and O–H groups in total. The molecule has 0 aliphatic carbocycles. The topological polar surface area (TPSA) is 80.3 Å². The van der Waals surface area contributed by atoms with Gasteiger partial charge in [0.25, 0.3) is 20.0 Å². The fourth-order valence-electron chi connectivity index (χ4n) is 4.50. The van der Waals surface area contributed by atoms with Gasteiger partial charge in [-0.05, 0) is 36.4 Å². The minimum absolute atomic E-state index is 0.406.